The summed E-state index contributed by atoms with van der Waals surface area (Å²) in [5.74, 6) is 6.13. The zero-order valence-electron chi connectivity index (χ0n) is 7.53. The Hall–Kier alpha value is 1.33. The van der Waals surface area contributed by atoms with Crippen molar-refractivity contribution in [1.29, 1.82) is 0 Å². The Bertz CT molecular complexity index is 141. The quantitative estimate of drug-likeness (QED) is 0.452. The van der Waals surface area contributed by atoms with E-state index in [4.69, 9.17) is 43.3 Å². The van der Waals surface area contributed by atoms with E-state index in [2.05, 4.69) is 0 Å². The van der Waals surface area contributed by atoms with Gasteiger partial charge in [0.2, 0.25) is 0 Å². The van der Waals surface area contributed by atoms with Crippen LogP contribution in [-0.2, 0) is 8.50 Å². The molecule has 74 valence electrons. The second-order valence-electron chi connectivity index (χ2n) is 3.34. The van der Waals surface area contributed by atoms with Gasteiger partial charge in [-0.2, -0.15) is 0 Å². The zero-order chi connectivity index (χ0) is 9.99. The van der Waals surface area contributed by atoms with E-state index in [-0.39, 0.29) is 0 Å². The molecule has 0 aromatic heterocycles. The molecule has 0 radical (unpaired) electrons. The summed E-state index contributed by atoms with van der Waals surface area (Å²) >= 11 is 14.7. The fourth-order valence-corrected chi connectivity index (χ4v) is 3.36. The predicted octanol–water partition coefficient (Wildman–Crippen LogP) is 3.18. The topological polar surface area (TPSA) is 18.5 Å². The Morgan fingerprint density at radius 2 is 1.58 bits per heavy atom. The molecule has 1 atom stereocenters. The fourth-order valence-electron chi connectivity index (χ4n) is 0.570. The summed E-state index contributed by atoms with van der Waals surface area (Å²) in [6.07, 6.45) is -0.762. The summed E-state index contributed by atoms with van der Waals surface area (Å²) < 4.78 is 8.93. The molecule has 0 rings (SSSR count). The third-order valence-electron chi connectivity index (χ3n) is 0.942. The molecule has 1 unspecified atom stereocenters. The van der Waals surface area contributed by atoms with Gasteiger partial charge in [0.1, 0.15) is 0 Å². The molecule has 0 aromatic rings. The molecule has 0 aromatic carbocycles. The van der Waals surface area contributed by atoms with Crippen molar-refractivity contribution < 1.29 is 8.50 Å². The van der Waals surface area contributed by atoms with Crippen molar-refractivity contribution in [3.8, 4) is 0 Å². The van der Waals surface area contributed by atoms with Crippen molar-refractivity contribution in [2.24, 2.45) is 0 Å². The number of hydrogen-bond acceptors (Lipinski definition) is 2. The summed E-state index contributed by atoms with van der Waals surface area (Å²) in [4.78, 5) is 0. The number of rotatable bonds is 3. The third kappa shape index (κ3) is 5.89. The van der Waals surface area contributed by atoms with Crippen molar-refractivity contribution in [2.75, 3.05) is 7.11 Å². The Balaban J connectivity index is 4.20. The normalized spacial score (nSPS) is 16.2. The van der Waals surface area contributed by atoms with E-state index in [1.807, 2.05) is 17.3 Å². The molecule has 0 N–H and O–H groups in total. The predicted molar refractivity (Wildman–Crippen MR) is 55.5 cm³/mol. The Kier molecular flexibility index (Phi) is 5.24. The first-order valence-corrected chi connectivity index (χ1v) is 11.7. The fraction of sp³-hybridized carbons (Fsp3) is 1.00. The summed E-state index contributed by atoms with van der Waals surface area (Å²) in [5, 5.41) is 0. The molecule has 0 saturated heterocycles. The van der Waals surface area contributed by atoms with Crippen LogP contribution in [0.3, 0.4) is 0 Å². The first kappa shape index (κ1) is 13.3. The van der Waals surface area contributed by atoms with Gasteiger partial charge < -0.3 is 0 Å². The second kappa shape index (κ2) is 4.71. The van der Waals surface area contributed by atoms with Crippen LogP contribution >= 0.6 is 34.8 Å². The molecule has 0 fully saturated rings. The van der Waals surface area contributed by atoms with Crippen LogP contribution in [0.5, 0.6) is 0 Å². The maximum atomic E-state index is 5.62. The SMILES string of the molecule is COC([O][Ge]([CH3])([CH3])[CH3])C(Cl)(Cl)Cl. The van der Waals surface area contributed by atoms with Gasteiger partial charge in [-0.05, 0) is 0 Å². The molecule has 0 aliphatic rings. The Morgan fingerprint density at radius 3 is 1.67 bits per heavy atom. The van der Waals surface area contributed by atoms with Crippen LogP contribution < -0.4 is 0 Å². The summed E-state index contributed by atoms with van der Waals surface area (Å²) in [5.41, 5.74) is 0. The van der Waals surface area contributed by atoms with E-state index < -0.39 is 23.7 Å². The van der Waals surface area contributed by atoms with Gasteiger partial charge in [-0.1, -0.05) is 0 Å². The first-order valence-electron chi connectivity index (χ1n) is 3.44. The minimum atomic E-state index is -2.20. The van der Waals surface area contributed by atoms with Gasteiger partial charge in [0.25, 0.3) is 0 Å². The number of hydrogen-bond donors (Lipinski definition) is 0. The van der Waals surface area contributed by atoms with Crippen molar-refractivity contribution in [2.45, 2.75) is 27.4 Å². The standard InChI is InChI=1S/C6H13Cl3GeO2/c1-10(2,3)12-5(11-4)6(7,8)9/h5H,1-4H3. The molecule has 0 aliphatic heterocycles. The molecule has 0 heterocycles. The van der Waals surface area contributed by atoms with Gasteiger partial charge in [0.05, 0.1) is 0 Å². The average Bonchev–Trinajstić information content (AvgIpc) is 1.78. The second-order valence-corrected chi connectivity index (χ2v) is 15.1. The van der Waals surface area contributed by atoms with E-state index in [9.17, 15) is 0 Å². The van der Waals surface area contributed by atoms with Crippen LogP contribution in [0.1, 0.15) is 0 Å². The monoisotopic (exact) mass is 296 g/mol. The van der Waals surface area contributed by atoms with E-state index in [1.165, 1.54) is 7.11 Å². The Labute approximate surface area is 91.1 Å². The summed E-state index contributed by atoms with van der Waals surface area (Å²) in [7, 11) is 1.46. The van der Waals surface area contributed by atoms with Gasteiger partial charge >= 0.3 is 91.4 Å². The number of ether oxygens (including phenoxy) is 1. The molecule has 6 heteroatoms. The molecule has 0 amide bonds. The van der Waals surface area contributed by atoms with Gasteiger partial charge in [-0.3, -0.25) is 0 Å². The van der Waals surface area contributed by atoms with Crippen LogP contribution in [0.15, 0.2) is 0 Å². The Morgan fingerprint density at radius 1 is 1.17 bits per heavy atom. The van der Waals surface area contributed by atoms with Crippen LogP contribution in [-0.4, -0.2) is 30.8 Å². The maximum absolute atomic E-state index is 5.62. The van der Waals surface area contributed by atoms with E-state index >= 15 is 0 Å². The van der Waals surface area contributed by atoms with Gasteiger partial charge in [-0.15, -0.1) is 0 Å². The number of alkyl halides is 3. The third-order valence-corrected chi connectivity index (χ3v) is 3.41. The molecule has 12 heavy (non-hydrogen) atoms. The molecular weight excluding hydrogens is 283 g/mol. The molecular formula is C6H13Cl3GeO2. The molecule has 0 saturated carbocycles. The van der Waals surface area contributed by atoms with Gasteiger partial charge in [-0.25, -0.2) is 0 Å². The van der Waals surface area contributed by atoms with Gasteiger partial charge in [0.15, 0.2) is 0 Å². The van der Waals surface area contributed by atoms with Crippen LogP contribution in [0.2, 0.25) is 17.3 Å². The van der Waals surface area contributed by atoms with Gasteiger partial charge in [0, 0.05) is 0 Å². The average molecular weight is 296 g/mol. The molecule has 0 spiro atoms. The molecule has 2 nitrogen and oxygen atoms in total. The number of methoxy groups -OCH3 is 1. The van der Waals surface area contributed by atoms with Crippen molar-refractivity contribution in [3.63, 3.8) is 0 Å². The van der Waals surface area contributed by atoms with Crippen molar-refractivity contribution in [3.05, 3.63) is 0 Å². The van der Waals surface area contributed by atoms with Crippen molar-refractivity contribution >= 4 is 48.4 Å². The van der Waals surface area contributed by atoms with Crippen LogP contribution in [0.4, 0.5) is 0 Å². The summed E-state index contributed by atoms with van der Waals surface area (Å²) in [6, 6.07) is 0. The first-order chi connectivity index (χ1) is 5.17. The summed E-state index contributed by atoms with van der Waals surface area (Å²) in [6.45, 7) is 0. The van der Waals surface area contributed by atoms with E-state index in [0.717, 1.165) is 0 Å². The zero-order valence-corrected chi connectivity index (χ0v) is 11.9. The molecule has 0 bridgehead atoms. The molecule has 0 aliphatic carbocycles. The van der Waals surface area contributed by atoms with Crippen molar-refractivity contribution in [1.82, 2.24) is 0 Å². The van der Waals surface area contributed by atoms with Crippen LogP contribution in [0, 0.1) is 0 Å². The van der Waals surface area contributed by atoms with E-state index in [1.54, 1.807) is 0 Å². The minimum absolute atomic E-state index is 0.762. The van der Waals surface area contributed by atoms with Crippen LogP contribution in [0.25, 0.3) is 0 Å². The van der Waals surface area contributed by atoms with E-state index in [0.29, 0.717) is 0 Å². The number of halogens is 3.